The Bertz CT molecular complexity index is 1420. The Morgan fingerprint density at radius 3 is 2.64 bits per heavy atom. The highest BCUT2D eigenvalue weighted by Gasteiger charge is 2.39. The largest absolute Gasteiger partial charge is 0.340 e. The Morgan fingerprint density at radius 2 is 1.91 bits per heavy atom. The van der Waals surface area contributed by atoms with E-state index in [0.29, 0.717) is 26.5 Å². The van der Waals surface area contributed by atoms with E-state index in [2.05, 4.69) is 33.8 Å². The highest BCUT2D eigenvalue weighted by atomic mass is 35.5. The zero-order valence-corrected chi connectivity index (χ0v) is 20.5. The quantitative estimate of drug-likeness (QED) is 0.323. The fourth-order valence-corrected chi connectivity index (χ4v) is 6.15. The number of aromatic nitrogens is 3. The van der Waals surface area contributed by atoms with Gasteiger partial charge in [-0.2, -0.15) is 0 Å². The molecule has 0 amide bonds. The van der Waals surface area contributed by atoms with Gasteiger partial charge >= 0.3 is 0 Å². The summed E-state index contributed by atoms with van der Waals surface area (Å²) in [6.45, 7) is 4.79. The van der Waals surface area contributed by atoms with Crippen molar-refractivity contribution < 1.29 is 4.79 Å². The molecular formula is C25H21ClN4OS2. The number of allylic oxidation sites excluding steroid dienone is 1. The maximum absolute atomic E-state index is 13.3. The molecule has 5 rings (SSSR count). The molecule has 5 nitrogen and oxygen atoms in total. The predicted molar refractivity (Wildman–Crippen MR) is 138 cm³/mol. The van der Waals surface area contributed by atoms with Crippen molar-refractivity contribution in [3.8, 4) is 0 Å². The van der Waals surface area contributed by atoms with Crippen LogP contribution in [-0.2, 0) is 17.8 Å². The number of hydrogen-bond acceptors (Lipinski definition) is 6. The monoisotopic (exact) mass is 492 g/mol. The van der Waals surface area contributed by atoms with Gasteiger partial charge in [0.1, 0.15) is 15.9 Å². The Labute approximate surface area is 205 Å². The summed E-state index contributed by atoms with van der Waals surface area (Å²) >= 11 is 8.71. The van der Waals surface area contributed by atoms with Crippen LogP contribution < -0.4 is 0 Å². The zero-order valence-electron chi connectivity index (χ0n) is 18.1. The summed E-state index contributed by atoms with van der Waals surface area (Å²) in [4.78, 5) is 13.9. The summed E-state index contributed by atoms with van der Waals surface area (Å²) in [6, 6.07) is 16.1. The third-order valence-corrected chi connectivity index (χ3v) is 8.21. The van der Waals surface area contributed by atoms with Gasteiger partial charge in [0, 0.05) is 33.7 Å². The Balaban J connectivity index is 1.55. The van der Waals surface area contributed by atoms with E-state index >= 15 is 0 Å². The Kier molecular flexibility index (Phi) is 5.95. The Morgan fingerprint density at radius 1 is 1.15 bits per heavy atom. The minimum atomic E-state index is -0.637. The van der Waals surface area contributed by atoms with Gasteiger partial charge in [-0.25, -0.2) is 0 Å². The second-order valence-corrected chi connectivity index (χ2v) is 10.5. The summed E-state index contributed by atoms with van der Waals surface area (Å²) in [5.74, 6) is -0.709. The van der Waals surface area contributed by atoms with Gasteiger partial charge < -0.3 is 4.57 Å². The molecule has 2 aromatic heterocycles. The third kappa shape index (κ3) is 4.05. The number of nitrogens with one attached hydrogen (secondary N) is 1. The number of halogens is 1. The fourth-order valence-electron chi connectivity index (χ4n) is 4.09. The van der Waals surface area contributed by atoms with Crippen molar-refractivity contribution in [2.24, 2.45) is 0 Å². The summed E-state index contributed by atoms with van der Waals surface area (Å²) < 4.78 is 2.26. The van der Waals surface area contributed by atoms with Gasteiger partial charge in [0.15, 0.2) is 5.78 Å². The van der Waals surface area contributed by atoms with E-state index in [4.69, 9.17) is 17.0 Å². The maximum Gasteiger partial charge on any atom is 0.186 e. The topological polar surface area (TPSA) is 71.6 Å². The van der Waals surface area contributed by atoms with Gasteiger partial charge in [0.2, 0.25) is 0 Å². The molecule has 166 valence electrons. The molecule has 0 bridgehead atoms. The number of rotatable bonds is 5. The molecule has 8 heteroatoms. The van der Waals surface area contributed by atoms with Gasteiger partial charge in [0.25, 0.3) is 0 Å². The number of ketones is 1. The summed E-state index contributed by atoms with van der Waals surface area (Å²) in [5.41, 5.74) is 4.34. The number of fused-ring (bicyclic) bond motifs is 1. The lowest BCUT2D eigenvalue weighted by Crippen LogP contribution is -2.11. The van der Waals surface area contributed by atoms with Crippen molar-refractivity contribution in [3.63, 3.8) is 0 Å². The van der Waals surface area contributed by atoms with Crippen molar-refractivity contribution in [1.82, 2.24) is 14.8 Å². The van der Waals surface area contributed by atoms with Crippen LogP contribution in [0, 0.1) is 12.3 Å². The van der Waals surface area contributed by atoms with Crippen LogP contribution in [-0.4, -0.2) is 25.6 Å². The smallest absolute Gasteiger partial charge is 0.186 e. The third-order valence-electron chi connectivity index (χ3n) is 5.83. The second kappa shape index (κ2) is 8.89. The predicted octanol–water partition coefficient (Wildman–Crippen LogP) is 6.48. The highest BCUT2D eigenvalue weighted by molar-refractivity contribution is 8.19. The lowest BCUT2D eigenvalue weighted by atomic mass is 10.0. The number of thioether (sulfide) groups is 1. The number of hydrogen-bond donors (Lipinski definition) is 1. The molecular weight excluding hydrogens is 472 g/mol. The molecule has 0 spiro atoms. The minimum Gasteiger partial charge on any atom is -0.340 e. The van der Waals surface area contributed by atoms with Gasteiger partial charge in [-0.3, -0.25) is 10.2 Å². The molecule has 1 atom stereocenters. The lowest BCUT2D eigenvalue weighted by molar-refractivity contribution is -0.114. The second-order valence-electron chi connectivity index (χ2n) is 7.89. The van der Waals surface area contributed by atoms with Crippen LogP contribution in [0.15, 0.2) is 53.4 Å². The van der Waals surface area contributed by atoms with Crippen molar-refractivity contribution in [2.75, 3.05) is 0 Å². The molecule has 1 aliphatic rings. The van der Waals surface area contributed by atoms with Gasteiger partial charge in [-0.05, 0) is 43.2 Å². The SMILES string of the molecule is CCc1nnc([C@@H]2C(=N)S/C(=C\c3c(C)n(Cc4ccc(Cl)cc4)c4ccccc34)C2=O)s1. The number of carbonyl (C=O) groups excluding carboxylic acids is 1. The van der Waals surface area contributed by atoms with Crippen LogP contribution in [0.3, 0.4) is 0 Å². The average Bonchev–Trinajstić information content (AvgIpc) is 3.47. The van der Waals surface area contributed by atoms with E-state index in [0.717, 1.165) is 39.2 Å². The van der Waals surface area contributed by atoms with Crippen molar-refractivity contribution >= 4 is 62.5 Å². The number of carbonyl (C=O) groups is 1. The molecule has 0 unspecified atom stereocenters. The normalized spacial score (nSPS) is 17.5. The Hall–Kier alpha value is -2.74. The van der Waals surface area contributed by atoms with E-state index in [9.17, 15) is 4.79 Å². The minimum absolute atomic E-state index is 0.0715. The van der Waals surface area contributed by atoms with Crippen LogP contribution in [0.5, 0.6) is 0 Å². The molecule has 33 heavy (non-hydrogen) atoms. The molecule has 0 radical (unpaired) electrons. The standard InChI is InChI=1S/C25H21ClN4OS2/c1-3-21-28-29-25(33-21)22-23(31)20(32-24(22)27)12-18-14(2)30(19-7-5-4-6-17(18)19)13-15-8-10-16(26)11-9-15/h4-12,22,27H,3,13H2,1-2H3/b20-12-,27-24?/t22-/m0/s1. The number of nitrogens with zero attached hydrogens (tertiary/aromatic N) is 3. The first kappa shape index (κ1) is 22.1. The van der Waals surface area contributed by atoms with E-state index in [1.165, 1.54) is 23.1 Å². The molecule has 4 aromatic rings. The van der Waals surface area contributed by atoms with Crippen LogP contribution in [0.4, 0.5) is 0 Å². The number of para-hydroxylation sites is 1. The molecule has 1 fully saturated rings. The van der Waals surface area contributed by atoms with Crippen molar-refractivity contribution in [3.05, 3.63) is 85.3 Å². The molecule has 3 heterocycles. The molecule has 2 aromatic carbocycles. The lowest BCUT2D eigenvalue weighted by Gasteiger charge is -2.09. The average molecular weight is 493 g/mol. The molecule has 1 N–H and O–H groups in total. The first-order chi connectivity index (χ1) is 16.0. The van der Waals surface area contributed by atoms with Gasteiger partial charge in [-0.1, -0.05) is 60.6 Å². The van der Waals surface area contributed by atoms with E-state index < -0.39 is 5.92 Å². The molecule has 1 saturated heterocycles. The molecule has 0 saturated carbocycles. The zero-order chi connectivity index (χ0) is 23.1. The summed E-state index contributed by atoms with van der Waals surface area (Å²) in [7, 11) is 0. The number of Topliss-reactive ketones (excluding diaryl/α,β-unsaturated/α-hetero) is 1. The van der Waals surface area contributed by atoms with E-state index in [1.54, 1.807) is 0 Å². The highest BCUT2D eigenvalue weighted by Crippen LogP contribution is 2.42. The van der Waals surface area contributed by atoms with Crippen LogP contribution in [0.2, 0.25) is 5.02 Å². The maximum atomic E-state index is 13.3. The van der Waals surface area contributed by atoms with Crippen LogP contribution >= 0.6 is 34.7 Å². The van der Waals surface area contributed by atoms with E-state index in [-0.39, 0.29) is 5.78 Å². The fraction of sp³-hybridized carbons (Fsp3) is 0.200. The van der Waals surface area contributed by atoms with Crippen molar-refractivity contribution in [2.45, 2.75) is 32.7 Å². The molecule has 1 aliphatic heterocycles. The first-order valence-corrected chi connectivity index (χ1v) is 12.6. The first-order valence-electron chi connectivity index (χ1n) is 10.6. The summed E-state index contributed by atoms with van der Waals surface area (Å²) in [5, 5.41) is 20.4. The van der Waals surface area contributed by atoms with Gasteiger partial charge in [0.05, 0.1) is 9.95 Å². The van der Waals surface area contributed by atoms with Gasteiger partial charge in [-0.15, -0.1) is 21.5 Å². The number of aryl methyl sites for hydroxylation is 1. The number of benzene rings is 2. The van der Waals surface area contributed by atoms with Crippen molar-refractivity contribution in [1.29, 1.82) is 5.41 Å². The van der Waals surface area contributed by atoms with Crippen LogP contribution in [0.1, 0.15) is 39.7 Å². The van der Waals surface area contributed by atoms with E-state index in [1.807, 2.05) is 49.4 Å². The molecule has 0 aliphatic carbocycles. The summed E-state index contributed by atoms with van der Waals surface area (Å²) in [6.07, 6.45) is 2.72. The van der Waals surface area contributed by atoms with Crippen LogP contribution in [0.25, 0.3) is 17.0 Å².